The molecule has 146 valence electrons. The van der Waals surface area contributed by atoms with Gasteiger partial charge in [0.05, 0.1) is 7.11 Å². The van der Waals surface area contributed by atoms with Crippen LogP contribution in [0.4, 0.5) is 0 Å². The van der Waals surface area contributed by atoms with Crippen molar-refractivity contribution in [1.82, 2.24) is 5.32 Å². The monoisotopic (exact) mass is 365 g/mol. The van der Waals surface area contributed by atoms with Gasteiger partial charge in [-0.2, -0.15) is 0 Å². The number of aromatic hydroxyl groups is 1. The normalized spacial score (nSPS) is 9.77. The first-order valence-electron chi connectivity index (χ1n) is 8.35. The molecule has 1 aromatic rings. The van der Waals surface area contributed by atoms with Crippen molar-refractivity contribution in [3.8, 4) is 11.5 Å². The summed E-state index contributed by atoms with van der Waals surface area (Å²) in [4.78, 5) is 20.8. The Bertz CT molecular complexity index is 580. The predicted octanol–water partition coefficient (Wildman–Crippen LogP) is 3.32. The van der Waals surface area contributed by atoms with Gasteiger partial charge in [0.15, 0.2) is 11.5 Å². The second kappa shape index (κ2) is 17.2. The van der Waals surface area contributed by atoms with E-state index in [1.54, 1.807) is 24.3 Å². The Morgan fingerprint density at radius 1 is 1.19 bits per heavy atom. The zero-order valence-electron chi connectivity index (χ0n) is 16.5. The predicted molar refractivity (Wildman–Crippen MR) is 104 cm³/mol. The van der Waals surface area contributed by atoms with E-state index in [9.17, 15) is 14.7 Å². The van der Waals surface area contributed by atoms with Gasteiger partial charge in [0.25, 0.3) is 0 Å². The Hall–Kier alpha value is -2.60. The van der Waals surface area contributed by atoms with Crippen molar-refractivity contribution >= 4 is 12.2 Å². The number of rotatable bonds is 7. The van der Waals surface area contributed by atoms with Gasteiger partial charge in [-0.15, -0.1) is 0 Å². The number of benzene rings is 1. The number of carbonyl (C=O) groups is 2. The van der Waals surface area contributed by atoms with Crippen LogP contribution in [0, 0.1) is 6.92 Å². The van der Waals surface area contributed by atoms with Crippen LogP contribution in [0.1, 0.15) is 31.9 Å². The fourth-order valence-electron chi connectivity index (χ4n) is 1.67. The van der Waals surface area contributed by atoms with Crippen LogP contribution >= 0.6 is 0 Å². The summed E-state index contributed by atoms with van der Waals surface area (Å²) in [5, 5.41) is 12.3. The highest BCUT2D eigenvalue weighted by Gasteiger charge is 2.08. The van der Waals surface area contributed by atoms with E-state index in [0.29, 0.717) is 12.3 Å². The minimum absolute atomic E-state index is 0.0360. The van der Waals surface area contributed by atoms with E-state index in [-0.39, 0.29) is 18.3 Å². The number of phenols is 1. The topological polar surface area (TPSA) is 84.9 Å². The molecule has 6 nitrogen and oxygen atoms in total. The molecule has 0 bridgehead atoms. The van der Waals surface area contributed by atoms with Crippen LogP contribution in [0.3, 0.4) is 0 Å². The Balaban J connectivity index is 0. The summed E-state index contributed by atoms with van der Waals surface area (Å²) >= 11 is 0. The van der Waals surface area contributed by atoms with Crippen molar-refractivity contribution in [2.24, 2.45) is 0 Å². The van der Waals surface area contributed by atoms with Crippen molar-refractivity contribution in [3.05, 3.63) is 47.6 Å². The van der Waals surface area contributed by atoms with E-state index in [4.69, 9.17) is 9.47 Å². The van der Waals surface area contributed by atoms with Crippen molar-refractivity contribution in [1.29, 1.82) is 0 Å². The van der Waals surface area contributed by atoms with E-state index in [1.807, 2.05) is 33.8 Å². The molecular formula is C20H31NO5. The Morgan fingerprint density at radius 3 is 2.35 bits per heavy atom. The van der Waals surface area contributed by atoms with Crippen LogP contribution in [0.5, 0.6) is 11.5 Å². The standard InChI is InChI=1S/C12H17NO4.C6H8O.C2H6/c1-8-4-10(14)11(17-3)5-9(8)6-13-12(15)7-16-2;1-2-3-4-5-6-7;1-2/h4-5,14H,6-7H2,1-3H3,(H,13,15);2-6H,1H3;1-2H3/b;3-2+,5-4+;. The molecule has 0 saturated heterocycles. The highest BCUT2D eigenvalue weighted by Crippen LogP contribution is 2.28. The number of nitrogens with one attached hydrogen (secondary N) is 1. The first kappa shape index (κ1) is 25.6. The highest BCUT2D eigenvalue weighted by atomic mass is 16.5. The minimum atomic E-state index is -0.182. The number of aryl methyl sites for hydroxylation is 1. The summed E-state index contributed by atoms with van der Waals surface area (Å²) in [5.74, 6) is 0.308. The molecule has 0 spiro atoms. The molecule has 0 aliphatic carbocycles. The average Bonchev–Trinajstić information content (AvgIpc) is 2.64. The summed E-state index contributed by atoms with van der Waals surface area (Å²) in [6.45, 7) is 8.17. The van der Waals surface area contributed by atoms with Gasteiger partial charge < -0.3 is 19.9 Å². The maximum absolute atomic E-state index is 11.2. The van der Waals surface area contributed by atoms with Gasteiger partial charge in [0.2, 0.25) is 5.91 Å². The highest BCUT2D eigenvalue weighted by molar-refractivity contribution is 5.77. The van der Waals surface area contributed by atoms with Gasteiger partial charge in [-0.1, -0.05) is 32.1 Å². The minimum Gasteiger partial charge on any atom is -0.504 e. The number of allylic oxidation sites excluding steroid dienone is 4. The summed E-state index contributed by atoms with van der Waals surface area (Å²) < 4.78 is 9.72. The van der Waals surface area contributed by atoms with Gasteiger partial charge in [-0.05, 0) is 43.2 Å². The molecule has 0 radical (unpaired) electrons. The second-order valence-electron chi connectivity index (χ2n) is 4.71. The van der Waals surface area contributed by atoms with Gasteiger partial charge in [0.1, 0.15) is 12.9 Å². The summed E-state index contributed by atoms with van der Waals surface area (Å²) in [7, 11) is 2.95. The zero-order valence-corrected chi connectivity index (χ0v) is 16.5. The van der Waals surface area contributed by atoms with Gasteiger partial charge in [0, 0.05) is 13.7 Å². The number of carbonyl (C=O) groups excluding carboxylic acids is 2. The fraction of sp³-hybridized carbons (Fsp3) is 0.400. The van der Waals surface area contributed by atoms with Crippen LogP contribution < -0.4 is 10.1 Å². The molecule has 6 heteroatoms. The third kappa shape index (κ3) is 11.9. The van der Waals surface area contributed by atoms with Gasteiger partial charge >= 0.3 is 0 Å². The Morgan fingerprint density at radius 2 is 1.85 bits per heavy atom. The number of hydrogen-bond donors (Lipinski definition) is 2. The van der Waals surface area contributed by atoms with Crippen LogP contribution in [-0.4, -0.2) is 38.1 Å². The third-order valence-corrected chi connectivity index (χ3v) is 2.88. The Kier molecular flexibility index (Phi) is 17.0. The SMILES string of the molecule is C/C=C/C=C/C=O.CC.COCC(=O)NCc1cc(OC)c(O)cc1C. The largest absolute Gasteiger partial charge is 0.504 e. The molecule has 0 unspecified atom stereocenters. The second-order valence-corrected chi connectivity index (χ2v) is 4.71. The van der Waals surface area contributed by atoms with Crippen LogP contribution in [-0.2, 0) is 20.9 Å². The quantitative estimate of drug-likeness (QED) is 0.440. The number of hydrogen-bond acceptors (Lipinski definition) is 5. The number of methoxy groups -OCH3 is 2. The molecule has 0 aliphatic heterocycles. The molecule has 0 fully saturated rings. The lowest BCUT2D eigenvalue weighted by atomic mass is 10.1. The smallest absolute Gasteiger partial charge is 0.246 e. The first-order valence-corrected chi connectivity index (χ1v) is 8.35. The molecule has 2 N–H and O–H groups in total. The van der Waals surface area contributed by atoms with Crippen molar-refractivity contribution in [3.63, 3.8) is 0 Å². The maximum atomic E-state index is 11.2. The number of phenolic OH excluding ortho intramolecular Hbond substituents is 1. The lowest BCUT2D eigenvalue weighted by Gasteiger charge is -2.11. The van der Waals surface area contributed by atoms with Gasteiger partial charge in [-0.25, -0.2) is 0 Å². The van der Waals surface area contributed by atoms with E-state index >= 15 is 0 Å². The number of aldehydes is 1. The molecule has 0 heterocycles. The van der Waals surface area contributed by atoms with Crippen molar-refractivity contribution < 1.29 is 24.2 Å². The number of amides is 1. The van der Waals surface area contributed by atoms with Crippen molar-refractivity contribution in [2.75, 3.05) is 20.8 Å². The van der Waals surface area contributed by atoms with Gasteiger partial charge in [-0.3, -0.25) is 9.59 Å². The zero-order chi connectivity index (χ0) is 20.4. The molecule has 1 aromatic carbocycles. The molecule has 0 atom stereocenters. The number of ether oxygens (including phenoxy) is 2. The van der Waals surface area contributed by atoms with Crippen LogP contribution in [0.15, 0.2) is 36.4 Å². The maximum Gasteiger partial charge on any atom is 0.246 e. The fourth-order valence-corrected chi connectivity index (χ4v) is 1.67. The summed E-state index contributed by atoms with van der Waals surface area (Å²) in [6.07, 6.45) is 7.54. The summed E-state index contributed by atoms with van der Waals surface area (Å²) in [5.41, 5.74) is 1.78. The van der Waals surface area contributed by atoms with E-state index in [1.165, 1.54) is 20.3 Å². The third-order valence-electron chi connectivity index (χ3n) is 2.88. The molecule has 1 amide bonds. The first-order chi connectivity index (χ1) is 12.5. The average molecular weight is 365 g/mol. The molecule has 26 heavy (non-hydrogen) atoms. The van der Waals surface area contributed by atoms with Crippen LogP contribution in [0.25, 0.3) is 0 Å². The molecule has 0 aliphatic rings. The van der Waals surface area contributed by atoms with E-state index in [0.717, 1.165) is 17.4 Å². The molecule has 0 saturated carbocycles. The summed E-state index contributed by atoms with van der Waals surface area (Å²) in [6, 6.07) is 3.31. The molecule has 0 aromatic heterocycles. The van der Waals surface area contributed by atoms with E-state index < -0.39 is 0 Å². The van der Waals surface area contributed by atoms with E-state index in [2.05, 4.69) is 5.32 Å². The molecule has 1 rings (SSSR count). The van der Waals surface area contributed by atoms with Crippen molar-refractivity contribution in [2.45, 2.75) is 34.2 Å². The lowest BCUT2D eigenvalue weighted by Crippen LogP contribution is -2.26. The Labute approximate surface area is 156 Å². The molecular weight excluding hydrogens is 334 g/mol. The van der Waals surface area contributed by atoms with Crippen LogP contribution in [0.2, 0.25) is 0 Å². The lowest BCUT2D eigenvalue weighted by molar-refractivity contribution is -0.124.